The van der Waals surface area contributed by atoms with E-state index in [1.54, 1.807) is 0 Å². The molecule has 116 valence electrons. The monoisotopic (exact) mass is 305 g/mol. The number of hydrogen-bond acceptors (Lipinski definition) is 3. The first-order valence-corrected chi connectivity index (χ1v) is 7.98. The van der Waals surface area contributed by atoms with Gasteiger partial charge in [-0.3, -0.25) is 0 Å². The number of esters is 1. The van der Waals surface area contributed by atoms with E-state index in [9.17, 15) is 4.79 Å². The van der Waals surface area contributed by atoms with Crippen molar-refractivity contribution in [2.24, 2.45) is 5.92 Å². The second-order valence-electron chi connectivity index (χ2n) is 6.18. The zero-order chi connectivity index (χ0) is 15.8. The second-order valence-corrected chi connectivity index (χ2v) is 6.18. The van der Waals surface area contributed by atoms with E-state index in [0.29, 0.717) is 17.4 Å². The lowest BCUT2D eigenvalue weighted by molar-refractivity contribution is 0.0600. The third kappa shape index (κ3) is 2.33. The van der Waals surface area contributed by atoms with E-state index in [1.165, 1.54) is 23.9 Å². The highest BCUT2D eigenvalue weighted by molar-refractivity contribution is 5.89. The molecular weight excluding hydrogens is 286 g/mol. The fourth-order valence-corrected chi connectivity index (χ4v) is 3.82. The number of methoxy groups -OCH3 is 1. The number of allylic oxidation sites excluding steroid dienone is 2. The van der Waals surface area contributed by atoms with E-state index in [2.05, 4.69) is 41.7 Å². The molecule has 2 aromatic rings. The first-order chi connectivity index (χ1) is 11.3. The van der Waals surface area contributed by atoms with Crippen molar-refractivity contribution in [1.29, 1.82) is 0 Å². The predicted molar refractivity (Wildman–Crippen MR) is 90.6 cm³/mol. The van der Waals surface area contributed by atoms with Crippen LogP contribution in [-0.4, -0.2) is 13.1 Å². The molecule has 1 heterocycles. The lowest BCUT2D eigenvalue weighted by Crippen LogP contribution is -2.29. The maximum absolute atomic E-state index is 11.6. The summed E-state index contributed by atoms with van der Waals surface area (Å²) in [5, 5.41) is 3.69. The molecule has 3 heteroatoms. The Kier molecular flexibility index (Phi) is 3.41. The minimum absolute atomic E-state index is 0.261. The van der Waals surface area contributed by atoms with Gasteiger partial charge in [-0.2, -0.15) is 0 Å². The first-order valence-electron chi connectivity index (χ1n) is 7.98. The van der Waals surface area contributed by atoms with Gasteiger partial charge in [0.25, 0.3) is 0 Å². The summed E-state index contributed by atoms with van der Waals surface area (Å²) in [6.45, 7) is 0. The van der Waals surface area contributed by atoms with E-state index in [1.807, 2.05) is 24.3 Å². The molecule has 4 rings (SSSR count). The van der Waals surface area contributed by atoms with Gasteiger partial charge in [-0.15, -0.1) is 0 Å². The summed E-state index contributed by atoms with van der Waals surface area (Å²) in [6, 6.07) is 16.6. The highest BCUT2D eigenvalue weighted by Crippen LogP contribution is 2.49. The van der Waals surface area contributed by atoms with Gasteiger partial charge in [0.1, 0.15) is 0 Å². The highest BCUT2D eigenvalue weighted by atomic mass is 16.5. The third-order valence-corrected chi connectivity index (χ3v) is 4.96. The Balaban J connectivity index is 1.68. The van der Waals surface area contributed by atoms with Crippen molar-refractivity contribution in [3.63, 3.8) is 0 Å². The number of fused-ring (bicyclic) bond motifs is 3. The molecule has 3 atom stereocenters. The summed E-state index contributed by atoms with van der Waals surface area (Å²) in [4.78, 5) is 11.6. The van der Waals surface area contributed by atoms with E-state index >= 15 is 0 Å². The molecule has 2 aromatic carbocycles. The van der Waals surface area contributed by atoms with Gasteiger partial charge in [-0.1, -0.05) is 42.5 Å². The Morgan fingerprint density at radius 2 is 1.91 bits per heavy atom. The average molecular weight is 305 g/mol. The van der Waals surface area contributed by atoms with Crippen LogP contribution in [0.15, 0.2) is 60.7 Å². The van der Waals surface area contributed by atoms with E-state index < -0.39 is 0 Å². The fourth-order valence-electron chi connectivity index (χ4n) is 3.82. The SMILES string of the molecule is COC(=O)c1ccc([C@H]2Nc3ccccc3[C@@H]3C=CC[C@@H]23)cc1. The quantitative estimate of drug-likeness (QED) is 0.664. The van der Waals surface area contributed by atoms with Gasteiger partial charge in [0, 0.05) is 11.6 Å². The predicted octanol–water partition coefficient (Wildman–Crippen LogP) is 4.30. The molecule has 0 spiro atoms. The number of anilines is 1. The Hall–Kier alpha value is -2.55. The van der Waals surface area contributed by atoms with Gasteiger partial charge < -0.3 is 10.1 Å². The van der Waals surface area contributed by atoms with Gasteiger partial charge in [-0.05, 0) is 41.7 Å². The second kappa shape index (κ2) is 5.58. The number of ether oxygens (including phenoxy) is 1. The molecule has 0 radical (unpaired) electrons. The van der Waals surface area contributed by atoms with Gasteiger partial charge in [0.15, 0.2) is 0 Å². The molecule has 0 saturated carbocycles. The maximum Gasteiger partial charge on any atom is 0.337 e. The maximum atomic E-state index is 11.6. The molecule has 0 bridgehead atoms. The molecule has 23 heavy (non-hydrogen) atoms. The molecule has 0 saturated heterocycles. The summed E-state index contributed by atoms with van der Waals surface area (Å²) in [5.74, 6) is 0.700. The number of carbonyl (C=O) groups is 1. The van der Waals surface area contributed by atoms with Gasteiger partial charge in [0.2, 0.25) is 0 Å². The Labute approximate surface area is 136 Å². The Morgan fingerprint density at radius 3 is 2.70 bits per heavy atom. The van der Waals surface area contributed by atoms with Crippen LogP contribution in [0.2, 0.25) is 0 Å². The van der Waals surface area contributed by atoms with Gasteiger partial charge >= 0.3 is 5.97 Å². The summed E-state index contributed by atoms with van der Waals surface area (Å²) < 4.78 is 4.77. The van der Waals surface area contributed by atoms with Crippen LogP contribution >= 0.6 is 0 Å². The molecule has 1 N–H and O–H groups in total. The third-order valence-electron chi connectivity index (χ3n) is 4.96. The number of rotatable bonds is 2. The number of carbonyl (C=O) groups excluding carboxylic acids is 1. The van der Waals surface area contributed by atoms with Crippen molar-refractivity contribution in [2.75, 3.05) is 12.4 Å². The van der Waals surface area contributed by atoms with E-state index in [4.69, 9.17) is 4.74 Å². The van der Waals surface area contributed by atoms with Crippen molar-refractivity contribution in [2.45, 2.75) is 18.4 Å². The molecular formula is C20H19NO2. The standard InChI is InChI=1S/C20H19NO2/c1-23-20(22)14-11-9-13(10-12-14)19-17-7-4-6-15(17)16-5-2-3-8-18(16)21-19/h2-6,8-12,15,17,19,21H,7H2,1H3/t15-,17+,19+/m0/s1. The zero-order valence-electron chi connectivity index (χ0n) is 13.0. The Morgan fingerprint density at radius 1 is 1.13 bits per heavy atom. The van der Waals surface area contributed by atoms with Gasteiger partial charge in [-0.25, -0.2) is 4.79 Å². The highest BCUT2D eigenvalue weighted by Gasteiger charge is 2.37. The van der Waals surface area contributed by atoms with Crippen LogP contribution in [0.1, 0.15) is 39.9 Å². The molecule has 0 unspecified atom stereocenters. The molecule has 1 aliphatic heterocycles. The van der Waals surface area contributed by atoms with E-state index in [0.717, 1.165) is 6.42 Å². The van der Waals surface area contributed by atoms with Crippen molar-refractivity contribution in [3.05, 3.63) is 77.4 Å². The van der Waals surface area contributed by atoms with Crippen LogP contribution in [0.3, 0.4) is 0 Å². The summed E-state index contributed by atoms with van der Waals surface area (Å²) >= 11 is 0. The molecule has 0 aromatic heterocycles. The summed E-state index contributed by atoms with van der Waals surface area (Å²) in [6.07, 6.45) is 5.70. The largest absolute Gasteiger partial charge is 0.465 e. The van der Waals surface area contributed by atoms with Crippen LogP contribution in [0.4, 0.5) is 5.69 Å². The van der Waals surface area contributed by atoms with Crippen molar-refractivity contribution in [1.82, 2.24) is 0 Å². The molecule has 2 aliphatic rings. The Bertz CT molecular complexity index is 763. The van der Waals surface area contributed by atoms with Crippen molar-refractivity contribution >= 4 is 11.7 Å². The van der Waals surface area contributed by atoms with Gasteiger partial charge in [0.05, 0.1) is 18.7 Å². The van der Waals surface area contributed by atoms with Crippen molar-refractivity contribution < 1.29 is 9.53 Å². The molecule has 0 amide bonds. The minimum Gasteiger partial charge on any atom is -0.465 e. The minimum atomic E-state index is -0.293. The summed E-state index contributed by atoms with van der Waals surface area (Å²) in [5.41, 5.74) is 4.40. The number of benzene rings is 2. The normalized spacial score (nSPS) is 24.5. The average Bonchev–Trinajstić information content (AvgIpc) is 3.10. The number of para-hydroxylation sites is 1. The van der Waals surface area contributed by atoms with Crippen molar-refractivity contribution in [3.8, 4) is 0 Å². The first kappa shape index (κ1) is 14.1. The van der Waals surface area contributed by atoms with Crippen LogP contribution in [0.5, 0.6) is 0 Å². The van der Waals surface area contributed by atoms with Crippen LogP contribution in [0, 0.1) is 5.92 Å². The fraction of sp³-hybridized carbons (Fsp3) is 0.250. The van der Waals surface area contributed by atoms with E-state index in [-0.39, 0.29) is 12.0 Å². The molecule has 0 fully saturated rings. The lowest BCUT2D eigenvalue weighted by atomic mass is 9.77. The number of nitrogens with one attached hydrogen (secondary N) is 1. The lowest BCUT2D eigenvalue weighted by Gasteiger charge is -2.37. The number of hydrogen-bond donors (Lipinski definition) is 1. The summed E-state index contributed by atoms with van der Waals surface area (Å²) in [7, 11) is 1.41. The molecule has 1 aliphatic carbocycles. The van der Waals surface area contributed by atoms with Crippen LogP contribution in [-0.2, 0) is 4.74 Å². The van der Waals surface area contributed by atoms with Crippen LogP contribution < -0.4 is 5.32 Å². The molecule has 3 nitrogen and oxygen atoms in total. The smallest absolute Gasteiger partial charge is 0.337 e. The van der Waals surface area contributed by atoms with Crippen LogP contribution in [0.25, 0.3) is 0 Å². The topological polar surface area (TPSA) is 38.3 Å². The zero-order valence-corrected chi connectivity index (χ0v) is 13.0.